The number of aliphatic hydroxyl groups is 1. The van der Waals surface area contributed by atoms with E-state index in [1.54, 1.807) is 6.07 Å². The Bertz CT molecular complexity index is 532. The smallest absolute Gasteiger partial charge is 0.274 e. The van der Waals surface area contributed by atoms with Gasteiger partial charge in [0.05, 0.1) is 11.5 Å². The van der Waals surface area contributed by atoms with Crippen molar-refractivity contribution >= 4 is 11.6 Å². The number of hydrogen-bond donors (Lipinski definition) is 2. The molecule has 1 aliphatic rings. The maximum Gasteiger partial charge on any atom is 0.274 e. The van der Waals surface area contributed by atoms with E-state index in [4.69, 9.17) is 5.73 Å². The Kier molecular flexibility index (Phi) is 4.31. The number of nitro groups is 1. The van der Waals surface area contributed by atoms with Crippen molar-refractivity contribution in [3.8, 4) is 0 Å². The second-order valence-electron chi connectivity index (χ2n) is 4.91. The number of primary amides is 1. The Morgan fingerprint density at radius 2 is 2.30 bits per heavy atom. The number of nitrogens with zero attached hydrogens (tertiary/aromatic N) is 2. The molecule has 7 heteroatoms. The van der Waals surface area contributed by atoms with Crippen molar-refractivity contribution in [2.45, 2.75) is 25.4 Å². The average molecular weight is 279 g/mol. The summed E-state index contributed by atoms with van der Waals surface area (Å²) in [5.74, 6) is -0.686. The summed E-state index contributed by atoms with van der Waals surface area (Å²) in [6, 6.07) is 4.31. The van der Waals surface area contributed by atoms with Crippen LogP contribution in [-0.2, 0) is 6.54 Å². The molecule has 20 heavy (non-hydrogen) atoms. The standard InChI is InChI=1S/C13H17N3O4/c14-13(18)9-3-4-10(12(6-9)16(19)20)7-15-5-1-2-11(15)8-17/h3-4,6,11,17H,1-2,5,7-8H2,(H2,14,18). The number of hydrogen-bond acceptors (Lipinski definition) is 5. The fraction of sp³-hybridized carbons (Fsp3) is 0.462. The topological polar surface area (TPSA) is 110 Å². The third kappa shape index (κ3) is 2.94. The highest BCUT2D eigenvalue weighted by molar-refractivity contribution is 5.93. The van der Waals surface area contributed by atoms with Crippen LogP contribution in [0.15, 0.2) is 18.2 Å². The first-order valence-corrected chi connectivity index (χ1v) is 6.45. The first kappa shape index (κ1) is 14.4. The summed E-state index contributed by atoms with van der Waals surface area (Å²) in [5, 5.41) is 20.4. The summed E-state index contributed by atoms with van der Waals surface area (Å²) in [6.07, 6.45) is 1.86. The van der Waals surface area contributed by atoms with Gasteiger partial charge in [0.15, 0.2) is 0 Å². The fourth-order valence-corrected chi connectivity index (χ4v) is 2.55. The Morgan fingerprint density at radius 3 is 2.90 bits per heavy atom. The lowest BCUT2D eigenvalue weighted by Crippen LogP contribution is -2.31. The van der Waals surface area contributed by atoms with Crippen LogP contribution in [0.25, 0.3) is 0 Å². The molecule has 7 nitrogen and oxygen atoms in total. The molecule has 1 saturated heterocycles. The number of rotatable bonds is 5. The maximum atomic E-state index is 11.1. The second-order valence-corrected chi connectivity index (χ2v) is 4.91. The highest BCUT2D eigenvalue weighted by atomic mass is 16.6. The lowest BCUT2D eigenvalue weighted by molar-refractivity contribution is -0.385. The van der Waals surface area contributed by atoms with Crippen LogP contribution in [0.3, 0.4) is 0 Å². The zero-order valence-corrected chi connectivity index (χ0v) is 11.0. The number of carbonyl (C=O) groups excluding carboxylic acids is 1. The van der Waals surface area contributed by atoms with E-state index < -0.39 is 10.8 Å². The van der Waals surface area contributed by atoms with Gasteiger partial charge in [-0.2, -0.15) is 0 Å². The molecule has 0 saturated carbocycles. The third-order valence-corrected chi connectivity index (χ3v) is 3.65. The van der Waals surface area contributed by atoms with Crippen LogP contribution in [0, 0.1) is 10.1 Å². The van der Waals surface area contributed by atoms with Gasteiger partial charge in [-0.1, -0.05) is 6.07 Å². The largest absolute Gasteiger partial charge is 0.395 e. The summed E-state index contributed by atoms with van der Waals surface area (Å²) < 4.78 is 0. The Morgan fingerprint density at radius 1 is 1.55 bits per heavy atom. The Balaban J connectivity index is 2.27. The summed E-state index contributed by atoms with van der Waals surface area (Å²) >= 11 is 0. The van der Waals surface area contributed by atoms with Crippen molar-refractivity contribution in [1.82, 2.24) is 4.90 Å². The minimum Gasteiger partial charge on any atom is -0.395 e. The van der Waals surface area contributed by atoms with Crippen LogP contribution in [0.4, 0.5) is 5.69 Å². The van der Waals surface area contributed by atoms with Gasteiger partial charge < -0.3 is 10.8 Å². The van der Waals surface area contributed by atoms with Crippen LogP contribution in [0.2, 0.25) is 0 Å². The first-order chi connectivity index (χ1) is 9.52. The van der Waals surface area contributed by atoms with E-state index in [0.29, 0.717) is 12.1 Å². The number of amides is 1. The molecule has 0 aliphatic carbocycles. The van der Waals surface area contributed by atoms with Gasteiger partial charge in [0.2, 0.25) is 5.91 Å². The van der Waals surface area contributed by atoms with Crippen molar-refractivity contribution in [1.29, 1.82) is 0 Å². The van der Waals surface area contributed by atoms with Crippen molar-refractivity contribution in [3.63, 3.8) is 0 Å². The van der Waals surface area contributed by atoms with Crippen LogP contribution in [-0.4, -0.2) is 40.0 Å². The number of benzene rings is 1. The SMILES string of the molecule is NC(=O)c1ccc(CN2CCCC2CO)c([N+](=O)[O-])c1. The number of likely N-dealkylation sites (tertiary alicyclic amines) is 1. The molecule has 0 aromatic heterocycles. The molecule has 3 N–H and O–H groups in total. The lowest BCUT2D eigenvalue weighted by Gasteiger charge is -2.22. The van der Waals surface area contributed by atoms with Crippen molar-refractivity contribution < 1.29 is 14.8 Å². The molecule has 1 aromatic rings. The lowest BCUT2D eigenvalue weighted by atomic mass is 10.1. The van der Waals surface area contributed by atoms with E-state index in [0.717, 1.165) is 19.4 Å². The molecule has 1 fully saturated rings. The zero-order chi connectivity index (χ0) is 14.7. The highest BCUT2D eigenvalue weighted by Gasteiger charge is 2.26. The average Bonchev–Trinajstić information content (AvgIpc) is 2.85. The Labute approximate surface area is 116 Å². The minimum absolute atomic E-state index is 0.0467. The van der Waals surface area contributed by atoms with Crippen molar-refractivity contribution in [3.05, 3.63) is 39.4 Å². The van der Waals surface area contributed by atoms with Crippen molar-refractivity contribution in [2.75, 3.05) is 13.2 Å². The number of nitro benzene ring substituents is 1. The predicted molar refractivity (Wildman–Crippen MR) is 72.1 cm³/mol. The summed E-state index contributed by atoms with van der Waals surface area (Å²) in [4.78, 5) is 23.7. The van der Waals surface area contributed by atoms with Crippen LogP contribution < -0.4 is 5.73 Å². The van der Waals surface area contributed by atoms with Gasteiger partial charge in [-0.05, 0) is 25.5 Å². The second kappa shape index (κ2) is 5.98. The van der Waals surface area contributed by atoms with Crippen LogP contribution in [0.1, 0.15) is 28.8 Å². The van der Waals surface area contributed by atoms with Gasteiger partial charge in [-0.25, -0.2) is 0 Å². The molecular formula is C13H17N3O4. The van der Waals surface area contributed by atoms with Gasteiger partial charge >= 0.3 is 0 Å². The molecule has 1 aromatic carbocycles. The van der Waals surface area contributed by atoms with E-state index in [1.165, 1.54) is 12.1 Å². The molecule has 1 amide bonds. The minimum atomic E-state index is -0.686. The molecule has 1 aliphatic heterocycles. The maximum absolute atomic E-state index is 11.1. The van der Waals surface area contributed by atoms with E-state index >= 15 is 0 Å². The molecule has 1 atom stereocenters. The van der Waals surface area contributed by atoms with Crippen molar-refractivity contribution in [2.24, 2.45) is 5.73 Å². The molecular weight excluding hydrogens is 262 g/mol. The van der Waals surface area contributed by atoms with Crippen LogP contribution in [0.5, 0.6) is 0 Å². The van der Waals surface area contributed by atoms with E-state index in [9.17, 15) is 20.0 Å². The van der Waals surface area contributed by atoms with Gasteiger partial charge in [-0.15, -0.1) is 0 Å². The molecule has 0 radical (unpaired) electrons. The highest BCUT2D eigenvalue weighted by Crippen LogP contribution is 2.25. The summed E-state index contributed by atoms with van der Waals surface area (Å²) in [6.45, 7) is 1.24. The van der Waals surface area contributed by atoms with E-state index in [-0.39, 0.29) is 23.9 Å². The van der Waals surface area contributed by atoms with E-state index in [1.807, 2.05) is 4.90 Å². The predicted octanol–water partition coefficient (Wildman–Crippen LogP) is 0.650. The summed E-state index contributed by atoms with van der Waals surface area (Å²) in [7, 11) is 0. The van der Waals surface area contributed by atoms with Gasteiger partial charge in [0.1, 0.15) is 0 Å². The quantitative estimate of drug-likeness (QED) is 0.607. The monoisotopic (exact) mass is 279 g/mol. The normalized spacial score (nSPS) is 19.1. The number of nitrogens with two attached hydrogens (primary N) is 1. The van der Waals surface area contributed by atoms with Gasteiger partial charge in [0, 0.05) is 29.8 Å². The zero-order valence-electron chi connectivity index (χ0n) is 11.0. The fourth-order valence-electron chi connectivity index (χ4n) is 2.55. The van der Waals surface area contributed by atoms with Gasteiger partial charge in [0.25, 0.3) is 5.69 Å². The molecule has 0 spiro atoms. The number of carbonyl (C=O) groups is 1. The Hall–Kier alpha value is -1.99. The molecule has 108 valence electrons. The summed E-state index contributed by atoms with van der Waals surface area (Å²) in [5.41, 5.74) is 5.68. The molecule has 0 bridgehead atoms. The number of aliphatic hydroxyl groups excluding tert-OH is 1. The van der Waals surface area contributed by atoms with Crippen LogP contribution >= 0.6 is 0 Å². The van der Waals surface area contributed by atoms with E-state index in [2.05, 4.69) is 0 Å². The first-order valence-electron chi connectivity index (χ1n) is 6.45. The van der Waals surface area contributed by atoms with Gasteiger partial charge in [-0.3, -0.25) is 19.8 Å². The molecule has 2 rings (SSSR count). The molecule has 1 unspecified atom stereocenters. The molecule has 1 heterocycles. The third-order valence-electron chi connectivity index (χ3n) is 3.65.